The first kappa shape index (κ1) is 16.2. The van der Waals surface area contributed by atoms with Crippen molar-refractivity contribution in [1.29, 1.82) is 0 Å². The number of amides is 1. The second kappa shape index (κ2) is 7.75. The van der Waals surface area contributed by atoms with Crippen LogP contribution in [0.3, 0.4) is 0 Å². The fraction of sp³-hybridized carbons (Fsp3) is 0.105. The van der Waals surface area contributed by atoms with Crippen LogP contribution in [-0.4, -0.2) is 12.5 Å². The zero-order valence-electron chi connectivity index (χ0n) is 12.8. The minimum absolute atomic E-state index is 0.125. The summed E-state index contributed by atoms with van der Waals surface area (Å²) in [6, 6.07) is 19.1. The van der Waals surface area contributed by atoms with Crippen LogP contribution in [0.1, 0.15) is 16.5 Å². The molecule has 5 heteroatoms. The first-order chi connectivity index (χ1) is 11.7. The Hall–Kier alpha value is -2.66. The summed E-state index contributed by atoms with van der Waals surface area (Å²) in [5, 5.41) is 4.97. The molecule has 0 aliphatic heterocycles. The zero-order valence-corrected chi connectivity index (χ0v) is 13.6. The Morgan fingerprint density at radius 2 is 1.79 bits per heavy atom. The third kappa shape index (κ3) is 4.20. The van der Waals surface area contributed by atoms with E-state index in [-0.39, 0.29) is 24.4 Å². The molecule has 0 bridgehead atoms. The predicted molar refractivity (Wildman–Crippen MR) is 92.6 cm³/mol. The third-order valence-corrected chi connectivity index (χ3v) is 4.39. The van der Waals surface area contributed by atoms with Gasteiger partial charge in [-0.3, -0.25) is 4.79 Å². The van der Waals surface area contributed by atoms with Crippen molar-refractivity contribution in [1.82, 2.24) is 5.32 Å². The van der Waals surface area contributed by atoms with Crippen molar-refractivity contribution in [2.45, 2.75) is 6.04 Å². The second-order valence-electron chi connectivity index (χ2n) is 5.17. The Kier molecular flexibility index (Phi) is 5.23. The Balaban J connectivity index is 1.66. The molecule has 0 aliphatic carbocycles. The van der Waals surface area contributed by atoms with Gasteiger partial charge in [-0.1, -0.05) is 36.4 Å². The van der Waals surface area contributed by atoms with Crippen LogP contribution in [0.2, 0.25) is 0 Å². The first-order valence-electron chi connectivity index (χ1n) is 7.48. The van der Waals surface area contributed by atoms with Crippen LogP contribution >= 0.6 is 11.3 Å². The molecular formula is C19H16FNO2S. The molecule has 3 nitrogen and oxygen atoms in total. The maximum Gasteiger partial charge on any atom is 0.258 e. The summed E-state index contributed by atoms with van der Waals surface area (Å²) in [4.78, 5) is 13.3. The number of carbonyl (C=O) groups is 1. The van der Waals surface area contributed by atoms with Gasteiger partial charge >= 0.3 is 0 Å². The highest BCUT2D eigenvalue weighted by atomic mass is 32.1. The fourth-order valence-electron chi connectivity index (χ4n) is 2.30. The molecule has 2 aromatic carbocycles. The lowest BCUT2D eigenvalue weighted by molar-refractivity contribution is -0.123. The number of carbonyl (C=O) groups excluding carboxylic acids is 1. The third-order valence-electron chi connectivity index (χ3n) is 3.45. The summed E-state index contributed by atoms with van der Waals surface area (Å²) in [5.74, 6) is -0.117. The normalized spacial score (nSPS) is 11.7. The van der Waals surface area contributed by atoms with E-state index in [4.69, 9.17) is 4.74 Å². The van der Waals surface area contributed by atoms with E-state index >= 15 is 0 Å². The number of benzene rings is 2. The quantitative estimate of drug-likeness (QED) is 0.731. The number of nitrogens with one attached hydrogen (secondary N) is 1. The molecule has 3 rings (SSSR count). The van der Waals surface area contributed by atoms with Gasteiger partial charge < -0.3 is 10.1 Å². The molecule has 0 saturated carbocycles. The van der Waals surface area contributed by atoms with Crippen molar-refractivity contribution in [3.63, 3.8) is 0 Å². The van der Waals surface area contributed by atoms with Gasteiger partial charge in [-0.25, -0.2) is 4.39 Å². The highest BCUT2D eigenvalue weighted by Gasteiger charge is 2.17. The van der Waals surface area contributed by atoms with Crippen molar-refractivity contribution in [2.75, 3.05) is 6.61 Å². The van der Waals surface area contributed by atoms with E-state index in [0.29, 0.717) is 5.75 Å². The number of hydrogen-bond acceptors (Lipinski definition) is 3. The van der Waals surface area contributed by atoms with Crippen LogP contribution in [-0.2, 0) is 4.79 Å². The molecule has 1 aromatic heterocycles. The largest absolute Gasteiger partial charge is 0.484 e. The smallest absolute Gasteiger partial charge is 0.258 e. The monoisotopic (exact) mass is 341 g/mol. The molecular weight excluding hydrogens is 325 g/mol. The molecule has 122 valence electrons. The van der Waals surface area contributed by atoms with Crippen LogP contribution in [0.4, 0.5) is 4.39 Å². The van der Waals surface area contributed by atoms with Gasteiger partial charge in [0, 0.05) is 4.88 Å². The fourth-order valence-corrected chi connectivity index (χ4v) is 3.10. The molecule has 1 atom stereocenters. The molecule has 1 unspecified atom stereocenters. The molecule has 1 N–H and O–H groups in total. The van der Waals surface area contributed by atoms with Crippen LogP contribution in [0.15, 0.2) is 72.1 Å². The van der Waals surface area contributed by atoms with E-state index in [2.05, 4.69) is 5.32 Å². The Morgan fingerprint density at radius 3 is 2.46 bits per heavy atom. The van der Waals surface area contributed by atoms with E-state index in [1.165, 1.54) is 24.3 Å². The Labute approximate surface area is 143 Å². The van der Waals surface area contributed by atoms with Crippen molar-refractivity contribution in [2.24, 2.45) is 0 Å². The van der Waals surface area contributed by atoms with Gasteiger partial charge in [0.25, 0.3) is 5.91 Å². The molecule has 0 saturated heterocycles. The molecule has 24 heavy (non-hydrogen) atoms. The van der Waals surface area contributed by atoms with E-state index in [9.17, 15) is 9.18 Å². The van der Waals surface area contributed by atoms with Gasteiger partial charge in [0.2, 0.25) is 0 Å². The molecule has 0 fully saturated rings. The molecule has 0 aliphatic rings. The van der Waals surface area contributed by atoms with Crippen molar-refractivity contribution in [3.8, 4) is 5.75 Å². The van der Waals surface area contributed by atoms with Crippen LogP contribution < -0.4 is 10.1 Å². The second-order valence-corrected chi connectivity index (χ2v) is 6.15. The molecule has 0 spiro atoms. The summed E-state index contributed by atoms with van der Waals surface area (Å²) >= 11 is 1.59. The van der Waals surface area contributed by atoms with Gasteiger partial charge in [0.15, 0.2) is 6.61 Å². The van der Waals surface area contributed by atoms with E-state index in [0.717, 1.165) is 10.4 Å². The summed E-state index contributed by atoms with van der Waals surface area (Å²) in [6.45, 7) is -0.125. The molecule has 1 amide bonds. The lowest BCUT2D eigenvalue weighted by Crippen LogP contribution is -2.32. The van der Waals surface area contributed by atoms with Crippen molar-refractivity contribution < 1.29 is 13.9 Å². The average Bonchev–Trinajstić information content (AvgIpc) is 3.14. The van der Waals surface area contributed by atoms with Gasteiger partial charge in [0.05, 0.1) is 6.04 Å². The Morgan fingerprint density at radius 1 is 1.04 bits per heavy atom. The summed E-state index contributed by atoms with van der Waals surface area (Å²) in [7, 11) is 0. The maximum atomic E-state index is 12.9. The number of ether oxygens (including phenoxy) is 1. The van der Waals surface area contributed by atoms with Gasteiger partial charge in [-0.15, -0.1) is 11.3 Å². The Bertz CT molecular complexity index is 773. The standard InChI is InChI=1S/C19H16FNO2S/c20-15-8-10-16(11-9-15)23-13-18(22)21-19(17-7-4-12-24-17)14-5-2-1-3-6-14/h1-12,19H,13H2,(H,21,22). The van der Waals surface area contributed by atoms with E-state index in [1.807, 2.05) is 47.8 Å². The summed E-state index contributed by atoms with van der Waals surface area (Å²) in [5.41, 5.74) is 1.01. The van der Waals surface area contributed by atoms with Crippen molar-refractivity contribution >= 4 is 17.2 Å². The first-order valence-corrected chi connectivity index (χ1v) is 8.36. The predicted octanol–water partition coefficient (Wildman–Crippen LogP) is 4.17. The maximum absolute atomic E-state index is 12.9. The van der Waals surface area contributed by atoms with Crippen LogP contribution in [0.25, 0.3) is 0 Å². The van der Waals surface area contributed by atoms with Crippen LogP contribution in [0, 0.1) is 5.82 Å². The number of hydrogen-bond donors (Lipinski definition) is 1. The minimum Gasteiger partial charge on any atom is -0.484 e. The minimum atomic E-state index is -0.339. The van der Waals surface area contributed by atoms with Crippen molar-refractivity contribution in [3.05, 3.63) is 88.4 Å². The highest BCUT2D eigenvalue weighted by molar-refractivity contribution is 7.10. The van der Waals surface area contributed by atoms with Gasteiger partial charge in [0.1, 0.15) is 11.6 Å². The average molecular weight is 341 g/mol. The zero-order chi connectivity index (χ0) is 16.8. The van der Waals surface area contributed by atoms with E-state index < -0.39 is 0 Å². The number of thiophene rings is 1. The lowest BCUT2D eigenvalue weighted by Gasteiger charge is -2.18. The molecule has 1 heterocycles. The molecule has 3 aromatic rings. The van der Waals surface area contributed by atoms with E-state index in [1.54, 1.807) is 11.3 Å². The topological polar surface area (TPSA) is 38.3 Å². The van der Waals surface area contributed by atoms with Gasteiger partial charge in [-0.2, -0.15) is 0 Å². The summed E-state index contributed by atoms with van der Waals surface area (Å²) in [6.07, 6.45) is 0. The number of halogens is 1. The number of rotatable bonds is 6. The van der Waals surface area contributed by atoms with Crippen LogP contribution in [0.5, 0.6) is 5.75 Å². The lowest BCUT2D eigenvalue weighted by atomic mass is 10.1. The summed E-state index contributed by atoms with van der Waals surface area (Å²) < 4.78 is 18.3. The highest BCUT2D eigenvalue weighted by Crippen LogP contribution is 2.25. The molecule has 0 radical (unpaired) electrons. The SMILES string of the molecule is O=C(COc1ccc(F)cc1)NC(c1ccccc1)c1cccs1. The van der Waals surface area contributed by atoms with Gasteiger partial charge in [-0.05, 0) is 41.3 Å².